The molecule has 0 fully saturated rings. The molecule has 2 aromatic rings. The lowest BCUT2D eigenvalue weighted by atomic mass is 10.2. The molecule has 1 aromatic carbocycles. The molecule has 0 unspecified atom stereocenters. The summed E-state index contributed by atoms with van der Waals surface area (Å²) >= 11 is 0. The minimum absolute atomic E-state index is 0.114. The molecule has 0 bridgehead atoms. The number of nitriles is 1. The van der Waals surface area contributed by atoms with Crippen molar-refractivity contribution in [2.24, 2.45) is 0 Å². The summed E-state index contributed by atoms with van der Waals surface area (Å²) in [6, 6.07) is 8.41. The van der Waals surface area contributed by atoms with E-state index in [0.29, 0.717) is 17.9 Å². The topological polar surface area (TPSA) is 98.0 Å². The second-order valence-corrected chi connectivity index (χ2v) is 4.39. The van der Waals surface area contributed by atoms with Gasteiger partial charge in [-0.3, -0.25) is 4.79 Å². The summed E-state index contributed by atoms with van der Waals surface area (Å²) < 4.78 is 13.0. The van der Waals surface area contributed by atoms with Gasteiger partial charge >= 0.3 is 0 Å². The third-order valence-corrected chi connectivity index (χ3v) is 2.81. The van der Waals surface area contributed by atoms with Crippen molar-refractivity contribution in [3.63, 3.8) is 0 Å². The minimum atomic E-state index is -0.595. The summed E-state index contributed by atoms with van der Waals surface area (Å²) in [6.07, 6.45) is 1.44. The summed E-state index contributed by atoms with van der Waals surface area (Å²) in [6.45, 7) is 0.650. The van der Waals surface area contributed by atoms with Crippen LogP contribution >= 0.6 is 0 Å². The van der Waals surface area contributed by atoms with Crippen LogP contribution in [0.25, 0.3) is 0 Å². The maximum absolute atomic E-state index is 13.0. The average molecular weight is 300 g/mol. The van der Waals surface area contributed by atoms with Crippen LogP contribution < -0.4 is 10.6 Å². The van der Waals surface area contributed by atoms with Crippen molar-refractivity contribution in [2.45, 2.75) is 0 Å². The molecule has 0 saturated heterocycles. The van der Waals surface area contributed by atoms with Crippen LogP contribution in [0.4, 0.5) is 10.2 Å². The normalized spacial score (nSPS) is 9.82. The lowest BCUT2D eigenvalue weighted by Crippen LogP contribution is -2.29. The molecule has 22 heavy (non-hydrogen) atoms. The van der Waals surface area contributed by atoms with E-state index in [0.717, 1.165) is 18.2 Å². The number of halogens is 1. The van der Waals surface area contributed by atoms with Gasteiger partial charge in [0.05, 0.1) is 11.1 Å². The fourth-order valence-corrected chi connectivity index (χ4v) is 1.72. The Balaban J connectivity index is 1.82. The molecule has 0 aliphatic carbocycles. The van der Waals surface area contributed by atoms with Crippen LogP contribution in [-0.2, 0) is 0 Å². The molecule has 112 valence electrons. The van der Waals surface area contributed by atoms with Crippen LogP contribution in [0.15, 0.2) is 36.5 Å². The Morgan fingerprint density at radius 2 is 2.14 bits per heavy atom. The van der Waals surface area contributed by atoms with Crippen molar-refractivity contribution in [1.82, 2.24) is 10.3 Å². The van der Waals surface area contributed by atoms with Crippen LogP contribution in [0, 0.1) is 17.1 Å². The Hall–Kier alpha value is -3.14. The smallest absolute Gasteiger partial charge is 0.255 e. The first kappa shape index (κ1) is 15.3. The maximum atomic E-state index is 13.0. The highest BCUT2D eigenvalue weighted by atomic mass is 19.1. The molecule has 1 heterocycles. The number of phenols is 1. The number of nitrogens with zero attached hydrogens (tertiary/aromatic N) is 2. The third-order valence-electron chi connectivity index (χ3n) is 2.81. The molecule has 0 aliphatic rings. The standard InChI is InChI=1S/C15H13FN4O2/c16-11-2-3-13(21)12(7-11)15(22)19-6-5-18-14-4-1-10(8-17)9-20-14/h1-4,7,9,21H,5-6H2,(H,18,20)(H,19,22). The van der Waals surface area contributed by atoms with Crippen molar-refractivity contribution in [3.8, 4) is 11.8 Å². The Bertz CT molecular complexity index is 710. The van der Waals surface area contributed by atoms with Crippen molar-refractivity contribution in [2.75, 3.05) is 18.4 Å². The Morgan fingerprint density at radius 3 is 2.82 bits per heavy atom. The Labute approximate surface area is 126 Å². The molecule has 6 nitrogen and oxygen atoms in total. The fourth-order valence-electron chi connectivity index (χ4n) is 1.72. The van der Waals surface area contributed by atoms with E-state index < -0.39 is 11.7 Å². The number of rotatable bonds is 5. The Kier molecular flexibility index (Phi) is 4.88. The number of hydrogen-bond donors (Lipinski definition) is 3. The quantitative estimate of drug-likeness (QED) is 0.729. The number of nitrogens with one attached hydrogen (secondary N) is 2. The summed E-state index contributed by atoms with van der Waals surface area (Å²) in [5, 5.41) is 23.7. The predicted octanol–water partition coefficient (Wildman–Crippen LogP) is 1.64. The van der Waals surface area contributed by atoms with Gasteiger partial charge in [-0.25, -0.2) is 9.37 Å². The zero-order valence-corrected chi connectivity index (χ0v) is 11.5. The predicted molar refractivity (Wildman–Crippen MR) is 77.8 cm³/mol. The Morgan fingerprint density at radius 1 is 1.32 bits per heavy atom. The number of pyridine rings is 1. The number of hydrogen-bond acceptors (Lipinski definition) is 5. The summed E-state index contributed by atoms with van der Waals surface area (Å²) in [5.74, 6) is -0.864. The highest BCUT2D eigenvalue weighted by molar-refractivity contribution is 5.96. The molecule has 0 saturated carbocycles. The molecule has 2 rings (SSSR count). The van der Waals surface area contributed by atoms with E-state index in [4.69, 9.17) is 5.26 Å². The lowest BCUT2D eigenvalue weighted by Gasteiger charge is -2.08. The van der Waals surface area contributed by atoms with Gasteiger partial charge in [0.2, 0.25) is 0 Å². The van der Waals surface area contributed by atoms with Crippen LogP contribution in [0.3, 0.4) is 0 Å². The lowest BCUT2D eigenvalue weighted by molar-refractivity contribution is 0.0952. The van der Waals surface area contributed by atoms with Crippen LogP contribution in [0.1, 0.15) is 15.9 Å². The van der Waals surface area contributed by atoms with Crippen molar-refractivity contribution >= 4 is 11.7 Å². The third kappa shape index (κ3) is 3.93. The molecule has 0 atom stereocenters. The van der Waals surface area contributed by atoms with Gasteiger partial charge in [-0.15, -0.1) is 0 Å². The average Bonchev–Trinajstić information content (AvgIpc) is 2.54. The minimum Gasteiger partial charge on any atom is -0.507 e. The molecule has 0 spiro atoms. The van der Waals surface area contributed by atoms with Crippen molar-refractivity contribution in [3.05, 3.63) is 53.5 Å². The van der Waals surface area contributed by atoms with Gasteiger partial charge in [0.25, 0.3) is 5.91 Å². The van der Waals surface area contributed by atoms with Gasteiger partial charge in [-0.05, 0) is 30.3 Å². The second kappa shape index (κ2) is 7.04. The number of anilines is 1. The highest BCUT2D eigenvalue weighted by Gasteiger charge is 2.11. The summed E-state index contributed by atoms with van der Waals surface area (Å²) in [5.41, 5.74) is 0.344. The highest BCUT2D eigenvalue weighted by Crippen LogP contribution is 2.17. The fraction of sp³-hybridized carbons (Fsp3) is 0.133. The van der Waals surface area contributed by atoms with Gasteiger partial charge in [-0.2, -0.15) is 5.26 Å². The zero-order valence-electron chi connectivity index (χ0n) is 11.5. The van der Waals surface area contributed by atoms with E-state index >= 15 is 0 Å². The van der Waals surface area contributed by atoms with E-state index in [1.807, 2.05) is 6.07 Å². The largest absolute Gasteiger partial charge is 0.507 e. The van der Waals surface area contributed by atoms with Gasteiger partial charge in [0.15, 0.2) is 0 Å². The number of carbonyl (C=O) groups is 1. The second-order valence-electron chi connectivity index (χ2n) is 4.39. The van der Waals surface area contributed by atoms with Crippen LogP contribution in [0.2, 0.25) is 0 Å². The molecule has 0 radical (unpaired) electrons. The monoisotopic (exact) mass is 300 g/mol. The number of amides is 1. The van der Waals surface area contributed by atoms with Crippen LogP contribution in [-0.4, -0.2) is 29.1 Å². The van der Waals surface area contributed by atoms with Crippen LogP contribution in [0.5, 0.6) is 5.75 Å². The molecular formula is C15H13FN4O2. The number of phenolic OH excluding ortho intramolecular Hbond substituents is 1. The SMILES string of the molecule is N#Cc1ccc(NCCNC(=O)c2cc(F)ccc2O)nc1. The molecular weight excluding hydrogens is 287 g/mol. The summed E-state index contributed by atoms with van der Waals surface area (Å²) in [4.78, 5) is 15.8. The van der Waals surface area contributed by atoms with E-state index in [2.05, 4.69) is 15.6 Å². The van der Waals surface area contributed by atoms with E-state index in [1.54, 1.807) is 12.1 Å². The number of aromatic nitrogens is 1. The molecule has 3 N–H and O–H groups in total. The van der Waals surface area contributed by atoms with E-state index in [1.165, 1.54) is 6.20 Å². The molecule has 0 aliphatic heterocycles. The molecule has 1 aromatic heterocycles. The van der Waals surface area contributed by atoms with Crippen molar-refractivity contribution < 1.29 is 14.3 Å². The zero-order chi connectivity index (χ0) is 15.9. The van der Waals surface area contributed by atoms with E-state index in [9.17, 15) is 14.3 Å². The summed E-state index contributed by atoms with van der Waals surface area (Å²) in [7, 11) is 0. The van der Waals surface area contributed by atoms with Gasteiger partial charge in [0.1, 0.15) is 23.5 Å². The number of benzene rings is 1. The molecule has 7 heteroatoms. The first-order valence-corrected chi connectivity index (χ1v) is 6.47. The van der Waals surface area contributed by atoms with Gasteiger partial charge in [-0.1, -0.05) is 0 Å². The maximum Gasteiger partial charge on any atom is 0.255 e. The number of aromatic hydroxyl groups is 1. The van der Waals surface area contributed by atoms with Gasteiger partial charge < -0.3 is 15.7 Å². The first-order valence-electron chi connectivity index (χ1n) is 6.47. The van der Waals surface area contributed by atoms with Crippen molar-refractivity contribution in [1.29, 1.82) is 5.26 Å². The van der Waals surface area contributed by atoms with Gasteiger partial charge in [0, 0.05) is 19.3 Å². The number of carbonyl (C=O) groups excluding carboxylic acids is 1. The molecule has 1 amide bonds. The van der Waals surface area contributed by atoms with E-state index in [-0.39, 0.29) is 17.9 Å². The first-order chi connectivity index (χ1) is 10.6.